The molecule has 0 atom stereocenters. The highest BCUT2D eigenvalue weighted by atomic mass is 16.3. The van der Waals surface area contributed by atoms with Crippen molar-refractivity contribution in [3.63, 3.8) is 0 Å². The van der Waals surface area contributed by atoms with Crippen molar-refractivity contribution < 1.29 is 9.90 Å². The molecule has 2 heterocycles. The van der Waals surface area contributed by atoms with Crippen LogP contribution in [0.5, 0.6) is 0 Å². The zero-order chi connectivity index (χ0) is 15.1. The van der Waals surface area contributed by atoms with Gasteiger partial charge in [-0.25, -0.2) is 0 Å². The molecule has 21 heavy (non-hydrogen) atoms. The van der Waals surface area contributed by atoms with E-state index in [0.717, 1.165) is 33.2 Å². The molecule has 1 aromatic carbocycles. The molecular formula is C17H18N2O2. The predicted octanol–water partition coefficient (Wildman–Crippen LogP) is 3.00. The van der Waals surface area contributed by atoms with E-state index in [9.17, 15) is 9.90 Å². The quantitative estimate of drug-likeness (QED) is 0.751. The van der Waals surface area contributed by atoms with Gasteiger partial charge in [-0.15, -0.1) is 0 Å². The lowest BCUT2D eigenvalue weighted by Gasteiger charge is -2.09. The van der Waals surface area contributed by atoms with E-state index >= 15 is 0 Å². The van der Waals surface area contributed by atoms with Crippen LogP contribution in [0.25, 0.3) is 21.8 Å². The molecule has 108 valence electrons. The maximum absolute atomic E-state index is 12.1. The molecule has 3 rings (SSSR count). The number of fused-ring (bicyclic) bond motifs is 3. The van der Waals surface area contributed by atoms with Crippen LogP contribution >= 0.6 is 0 Å². The summed E-state index contributed by atoms with van der Waals surface area (Å²) in [5.74, 6) is 0.0365. The minimum Gasteiger partial charge on any atom is -0.395 e. The standard InChI is InChI=1S/C17H18N2O2/c1-10-15-16(12(3)21)11(2)19(8-9-20)17(15)13-6-4-5-7-14(13)18-10/h4-7,20H,8-9H2,1-3H3. The number of ketones is 1. The molecule has 2 aromatic heterocycles. The number of benzene rings is 1. The van der Waals surface area contributed by atoms with Crippen LogP contribution in [0.3, 0.4) is 0 Å². The van der Waals surface area contributed by atoms with Crippen molar-refractivity contribution in [2.24, 2.45) is 0 Å². The van der Waals surface area contributed by atoms with E-state index < -0.39 is 0 Å². The SMILES string of the molecule is CC(=O)c1c(C)n(CCO)c2c1c(C)nc1ccccc12. The highest BCUT2D eigenvalue weighted by Crippen LogP contribution is 2.33. The highest BCUT2D eigenvalue weighted by Gasteiger charge is 2.21. The average Bonchev–Trinajstić information content (AvgIpc) is 2.74. The zero-order valence-corrected chi connectivity index (χ0v) is 12.5. The number of nitrogens with zero attached hydrogens (tertiary/aromatic N) is 2. The molecular weight excluding hydrogens is 264 g/mol. The van der Waals surface area contributed by atoms with Gasteiger partial charge in [0.05, 0.1) is 17.6 Å². The van der Waals surface area contributed by atoms with Crippen molar-refractivity contribution in [3.05, 3.63) is 41.2 Å². The molecule has 4 nitrogen and oxygen atoms in total. The van der Waals surface area contributed by atoms with E-state index in [1.807, 2.05) is 42.7 Å². The molecule has 1 N–H and O–H groups in total. The Morgan fingerprint density at radius 1 is 1.29 bits per heavy atom. The second-order valence-electron chi connectivity index (χ2n) is 5.33. The fourth-order valence-electron chi connectivity index (χ4n) is 3.19. The first-order chi connectivity index (χ1) is 10.1. The van der Waals surface area contributed by atoms with E-state index in [1.165, 1.54) is 0 Å². The first kappa shape index (κ1) is 13.8. The fourth-order valence-corrected chi connectivity index (χ4v) is 3.19. The third-order valence-corrected chi connectivity index (χ3v) is 4.01. The van der Waals surface area contributed by atoms with Gasteiger partial charge in [0, 0.05) is 34.3 Å². The predicted molar refractivity (Wildman–Crippen MR) is 83.8 cm³/mol. The number of hydrogen-bond acceptors (Lipinski definition) is 3. The number of hydrogen-bond donors (Lipinski definition) is 1. The Labute approximate surface area is 123 Å². The maximum Gasteiger partial charge on any atom is 0.162 e. The Kier molecular flexibility index (Phi) is 3.26. The average molecular weight is 282 g/mol. The normalized spacial score (nSPS) is 11.4. The first-order valence-electron chi connectivity index (χ1n) is 7.06. The molecule has 0 bridgehead atoms. The summed E-state index contributed by atoms with van der Waals surface area (Å²) in [5, 5.41) is 11.3. The molecule has 0 saturated heterocycles. The number of para-hydroxylation sites is 1. The number of carbonyl (C=O) groups is 1. The van der Waals surface area contributed by atoms with Crippen LogP contribution in [0.1, 0.15) is 28.7 Å². The third-order valence-electron chi connectivity index (χ3n) is 4.01. The van der Waals surface area contributed by atoms with Gasteiger partial charge in [-0.2, -0.15) is 0 Å². The molecule has 0 radical (unpaired) electrons. The van der Waals surface area contributed by atoms with Crippen LogP contribution in [-0.2, 0) is 6.54 Å². The first-order valence-corrected chi connectivity index (χ1v) is 7.06. The molecule has 0 aliphatic heterocycles. The van der Waals surface area contributed by atoms with Crippen LogP contribution in [0.2, 0.25) is 0 Å². The number of aliphatic hydroxyl groups is 1. The Morgan fingerprint density at radius 3 is 2.67 bits per heavy atom. The smallest absolute Gasteiger partial charge is 0.162 e. The van der Waals surface area contributed by atoms with E-state index in [0.29, 0.717) is 12.1 Å². The van der Waals surface area contributed by atoms with E-state index in [2.05, 4.69) is 4.98 Å². The van der Waals surface area contributed by atoms with Gasteiger partial charge in [-0.3, -0.25) is 9.78 Å². The largest absolute Gasteiger partial charge is 0.395 e. The lowest BCUT2D eigenvalue weighted by Crippen LogP contribution is -2.05. The van der Waals surface area contributed by atoms with Crippen LogP contribution in [0.4, 0.5) is 0 Å². The molecule has 3 aromatic rings. The summed E-state index contributed by atoms with van der Waals surface area (Å²) in [6.07, 6.45) is 0. The van der Waals surface area contributed by atoms with Gasteiger partial charge in [0.15, 0.2) is 5.78 Å². The van der Waals surface area contributed by atoms with E-state index in [-0.39, 0.29) is 12.4 Å². The molecule has 0 amide bonds. The summed E-state index contributed by atoms with van der Waals surface area (Å²) in [6, 6.07) is 7.92. The monoisotopic (exact) mass is 282 g/mol. The van der Waals surface area contributed by atoms with Gasteiger partial charge >= 0.3 is 0 Å². The van der Waals surface area contributed by atoms with E-state index in [4.69, 9.17) is 0 Å². The van der Waals surface area contributed by atoms with Gasteiger partial charge < -0.3 is 9.67 Å². The van der Waals surface area contributed by atoms with Gasteiger partial charge in [0.2, 0.25) is 0 Å². The van der Waals surface area contributed by atoms with Crippen LogP contribution in [0, 0.1) is 13.8 Å². The van der Waals surface area contributed by atoms with E-state index in [1.54, 1.807) is 6.92 Å². The van der Waals surface area contributed by atoms with Gasteiger partial charge in [-0.05, 0) is 26.8 Å². The minimum atomic E-state index is 0.0365. The highest BCUT2D eigenvalue weighted by molar-refractivity contribution is 6.15. The molecule has 0 unspecified atom stereocenters. The maximum atomic E-state index is 12.1. The fraction of sp³-hybridized carbons (Fsp3) is 0.294. The summed E-state index contributed by atoms with van der Waals surface area (Å²) < 4.78 is 2.03. The lowest BCUT2D eigenvalue weighted by molar-refractivity contribution is 0.101. The number of Topliss-reactive ketones (excluding diaryl/α,β-unsaturated/α-hetero) is 1. The second kappa shape index (κ2) is 4.97. The molecule has 0 aliphatic carbocycles. The lowest BCUT2D eigenvalue weighted by atomic mass is 10.0. The zero-order valence-electron chi connectivity index (χ0n) is 12.5. The minimum absolute atomic E-state index is 0.0365. The summed E-state index contributed by atoms with van der Waals surface area (Å²) >= 11 is 0. The van der Waals surface area contributed by atoms with Gasteiger partial charge in [-0.1, -0.05) is 18.2 Å². The number of aliphatic hydroxyl groups excluding tert-OH is 1. The Morgan fingerprint density at radius 2 is 2.00 bits per heavy atom. The summed E-state index contributed by atoms with van der Waals surface area (Å²) in [5.41, 5.74) is 4.37. The van der Waals surface area contributed by atoms with Crippen LogP contribution < -0.4 is 0 Å². The van der Waals surface area contributed by atoms with Crippen molar-refractivity contribution in [2.45, 2.75) is 27.3 Å². The molecule has 0 saturated carbocycles. The van der Waals surface area contributed by atoms with Crippen LogP contribution in [-0.4, -0.2) is 27.0 Å². The number of carbonyl (C=O) groups excluding carboxylic acids is 1. The molecule has 0 aliphatic rings. The molecule has 0 spiro atoms. The molecule has 0 fully saturated rings. The number of aryl methyl sites for hydroxylation is 1. The number of aromatic nitrogens is 2. The van der Waals surface area contributed by atoms with Crippen molar-refractivity contribution in [1.82, 2.24) is 9.55 Å². The summed E-state index contributed by atoms with van der Waals surface area (Å²) in [4.78, 5) is 16.7. The Balaban J connectivity index is 2.60. The summed E-state index contributed by atoms with van der Waals surface area (Å²) in [6.45, 7) is 5.96. The Hall–Kier alpha value is -2.20. The van der Waals surface area contributed by atoms with Gasteiger partial charge in [0.25, 0.3) is 0 Å². The number of rotatable bonds is 3. The van der Waals surface area contributed by atoms with Crippen molar-refractivity contribution in [1.29, 1.82) is 0 Å². The topological polar surface area (TPSA) is 55.1 Å². The summed E-state index contributed by atoms with van der Waals surface area (Å²) in [7, 11) is 0. The third kappa shape index (κ3) is 1.94. The molecule has 4 heteroatoms. The van der Waals surface area contributed by atoms with Crippen LogP contribution in [0.15, 0.2) is 24.3 Å². The Bertz CT molecular complexity index is 862. The number of pyridine rings is 1. The van der Waals surface area contributed by atoms with Crippen molar-refractivity contribution in [3.8, 4) is 0 Å². The second-order valence-corrected chi connectivity index (χ2v) is 5.33. The van der Waals surface area contributed by atoms with Crippen molar-refractivity contribution in [2.75, 3.05) is 6.61 Å². The van der Waals surface area contributed by atoms with Gasteiger partial charge in [0.1, 0.15) is 0 Å². The van der Waals surface area contributed by atoms with Crippen molar-refractivity contribution >= 4 is 27.6 Å².